The SMILES string of the molecule is CCOC(=O)NC1(c2nnnn2-c2ccccc2C(=O)OC)CCC(C)CC1. The van der Waals surface area contributed by atoms with E-state index in [0.29, 0.717) is 35.8 Å². The zero-order valence-corrected chi connectivity index (χ0v) is 16.3. The third-order valence-electron chi connectivity index (χ3n) is 5.18. The molecule has 0 atom stereocenters. The average Bonchev–Trinajstić information content (AvgIpc) is 3.20. The number of alkyl carbamates (subject to hydrolysis) is 1. The first-order valence-electron chi connectivity index (χ1n) is 9.42. The van der Waals surface area contributed by atoms with Gasteiger partial charge in [0, 0.05) is 0 Å². The summed E-state index contributed by atoms with van der Waals surface area (Å²) in [6, 6.07) is 6.94. The number of para-hydroxylation sites is 1. The topological polar surface area (TPSA) is 108 Å². The van der Waals surface area contributed by atoms with Crippen molar-refractivity contribution < 1.29 is 19.1 Å². The Labute approximate surface area is 163 Å². The molecule has 1 aromatic heterocycles. The number of aromatic nitrogens is 4. The second-order valence-corrected chi connectivity index (χ2v) is 7.03. The average molecular weight is 387 g/mol. The van der Waals surface area contributed by atoms with Gasteiger partial charge < -0.3 is 14.8 Å². The lowest BCUT2D eigenvalue weighted by atomic mass is 9.76. The predicted molar refractivity (Wildman–Crippen MR) is 100.0 cm³/mol. The molecule has 150 valence electrons. The van der Waals surface area contributed by atoms with E-state index in [2.05, 4.69) is 27.8 Å². The molecule has 9 heteroatoms. The molecular weight excluding hydrogens is 362 g/mol. The van der Waals surface area contributed by atoms with Crippen molar-refractivity contribution in [2.45, 2.75) is 45.1 Å². The number of hydrogen-bond acceptors (Lipinski definition) is 7. The Kier molecular flexibility index (Phi) is 5.91. The molecule has 1 aromatic carbocycles. The second kappa shape index (κ2) is 8.37. The summed E-state index contributed by atoms with van der Waals surface area (Å²) in [6.07, 6.45) is 2.67. The van der Waals surface area contributed by atoms with Crippen LogP contribution in [0.4, 0.5) is 4.79 Å². The molecule has 0 spiro atoms. The Bertz CT molecular complexity index is 842. The van der Waals surface area contributed by atoms with Crippen molar-refractivity contribution in [3.05, 3.63) is 35.7 Å². The van der Waals surface area contributed by atoms with E-state index in [-0.39, 0.29) is 6.61 Å². The minimum absolute atomic E-state index is 0.272. The number of hydrogen-bond donors (Lipinski definition) is 1. The van der Waals surface area contributed by atoms with E-state index in [1.807, 2.05) is 0 Å². The third kappa shape index (κ3) is 3.83. The standard InChI is InChI=1S/C19H25N5O4/c1-4-28-18(26)20-19(11-9-13(2)10-12-19)17-21-22-23-24(17)15-8-6-5-7-14(15)16(25)27-3/h5-8,13H,4,9-12H2,1-3H3,(H,20,26). The highest BCUT2D eigenvalue weighted by molar-refractivity contribution is 5.93. The molecule has 1 heterocycles. The first kappa shape index (κ1) is 19.8. The van der Waals surface area contributed by atoms with Crippen LogP contribution in [0.15, 0.2) is 24.3 Å². The molecule has 3 rings (SSSR count). The summed E-state index contributed by atoms with van der Waals surface area (Å²) in [5.41, 5.74) is 0.0675. The van der Waals surface area contributed by atoms with E-state index >= 15 is 0 Å². The highest BCUT2D eigenvalue weighted by Gasteiger charge is 2.43. The molecule has 0 saturated heterocycles. The number of tetrazole rings is 1. The number of methoxy groups -OCH3 is 1. The van der Waals surface area contributed by atoms with Gasteiger partial charge in [0.05, 0.1) is 25.0 Å². The quantitative estimate of drug-likeness (QED) is 0.786. The highest BCUT2D eigenvalue weighted by atomic mass is 16.5. The molecule has 1 fully saturated rings. The number of carbonyl (C=O) groups is 2. The molecule has 0 unspecified atom stereocenters. The molecule has 0 radical (unpaired) electrons. The van der Waals surface area contributed by atoms with Gasteiger partial charge in [0.2, 0.25) is 0 Å². The van der Waals surface area contributed by atoms with Gasteiger partial charge in [-0.2, -0.15) is 4.68 Å². The Morgan fingerprint density at radius 1 is 1.29 bits per heavy atom. The maximum Gasteiger partial charge on any atom is 0.407 e. The lowest BCUT2D eigenvalue weighted by Gasteiger charge is -2.38. The molecule has 28 heavy (non-hydrogen) atoms. The van der Waals surface area contributed by atoms with Gasteiger partial charge >= 0.3 is 12.1 Å². The number of esters is 1. The van der Waals surface area contributed by atoms with Gasteiger partial charge in [-0.05, 0) is 61.1 Å². The van der Waals surface area contributed by atoms with Gasteiger partial charge in [0.1, 0.15) is 5.54 Å². The molecule has 2 aromatic rings. The van der Waals surface area contributed by atoms with E-state index in [9.17, 15) is 9.59 Å². The fourth-order valence-electron chi connectivity index (χ4n) is 3.61. The number of nitrogens with one attached hydrogen (secondary N) is 1. The lowest BCUT2D eigenvalue weighted by Crippen LogP contribution is -2.50. The second-order valence-electron chi connectivity index (χ2n) is 7.03. The Hall–Kier alpha value is -2.97. The Morgan fingerprint density at radius 2 is 2.00 bits per heavy atom. The third-order valence-corrected chi connectivity index (χ3v) is 5.18. The number of ether oxygens (including phenoxy) is 2. The number of benzene rings is 1. The maximum atomic E-state index is 12.3. The molecule has 9 nitrogen and oxygen atoms in total. The van der Waals surface area contributed by atoms with E-state index in [1.54, 1.807) is 31.2 Å². The van der Waals surface area contributed by atoms with Crippen LogP contribution < -0.4 is 5.32 Å². The molecule has 1 aliphatic rings. The van der Waals surface area contributed by atoms with Gasteiger partial charge in [0.15, 0.2) is 5.82 Å². The fraction of sp³-hybridized carbons (Fsp3) is 0.526. The predicted octanol–water partition coefficient (Wildman–Crippen LogP) is 2.60. The van der Waals surface area contributed by atoms with Gasteiger partial charge in [-0.3, -0.25) is 0 Å². The molecule has 1 aliphatic carbocycles. The highest BCUT2D eigenvalue weighted by Crippen LogP contribution is 2.39. The van der Waals surface area contributed by atoms with Crippen LogP contribution in [0.25, 0.3) is 5.69 Å². The van der Waals surface area contributed by atoms with Crippen molar-refractivity contribution in [2.75, 3.05) is 13.7 Å². The van der Waals surface area contributed by atoms with Crippen LogP contribution in [0.3, 0.4) is 0 Å². The zero-order valence-electron chi connectivity index (χ0n) is 16.3. The van der Waals surface area contributed by atoms with Crippen LogP contribution in [0.1, 0.15) is 55.7 Å². The van der Waals surface area contributed by atoms with Gasteiger partial charge in [-0.15, -0.1) is 5.10 Å². The first-order valence-corrected chi connectivity index (χ1v) is 9.42. The number of amides is 1. The Morgan fingerprint density at radius 3 is 2.68 bits per heavy atom. The van der Waals surface area contributed by atoms with Gasteiger partial charge in [0.25, 0.3) is 0 Å². The summed E-state index contributed by atoms with van der Waals surface area (Å²) in [6.45, 7) is 4.21. The summed E-state index contributed by atoms with van der Waals surface area (Å²) in [4.78, 5) is 24.5. The first-order chi connectivity index (χ1) is 13.5. The summed E-state index contributed by atoms with van der Waals surface area (Å²) in [7, 11) is 1.33. The van der Waals surface area contributed by atoms with E-state index in [0.717, 1.165) is 12.8 Å². The van der Waals surface area contributed by atoms with Crippen LogP contribution in [-0.4, -0.2) is 46.0 Å². The van der Waals surface area contributed by atoms with Gasteiger partial charge in [-0.25, -0.2) is 9.59 Å². The van der Waals surface area contributed by atoms with Crippen molar-refractivity contribution >= 4 is 12.1 Å². The van der Waals surface area contributed by atoms with Crippen molar-refractivity contribution in [3.63, 3.8) is 0 Å². The minimum atomic E-state index is -0.772. The maximum absolute atomic E-state index is 12.3. The van der Waals surface area contributed by atoms with Crippen molar-refractivity contribution in [1.82, 2.24) is 25.5 Å². The van der Waals surface area contributed by atoms with Crippen LogP contribution >= 0.6 is 0 Å². The molecular formula is C19H25N5O4. The number of rotatable bonds is 5. The fourth-order valence-corrected chi connectivity index (χ4v) is 3.61. The number of nitrogens with zero attached hydrogens (tertiary/aromatic N) is 4. The van der Waals surface area contributed by atoms with Crippen LogP contribution in [0, 0.1) is 5.92 Å². The normalized spacial score (nSPS) is 21.8. The molecule has 1 N–H and O–H groups in total. The molecule has 1 saturated carbocycles. The summed E-state index contributed by atoms with van der Waals surface area (Å²) in [5.74, 6) is 0.536. The minimum Gasteiger partial charge on any atom is -0.465 e. The summed E-state index contributed by atoms with van der Waals surface area (Å²) in [5, 5.41) is 15.2. The summed E-state index contributed by atoms with van der Waals surface area (Å²) < 4.78 is 11.5. The largest absolute Gasteiger partial charge is 0.465 e. The van der Waals surface area contributed by atoms with E-state index in [1.165, 1.54) is 11.8 Å². The van der Waals surface area contributed by atoms with Crippen LogP contribution in [0.5, 0.6) is 0 Å². The van der Waals surface area contributed by atoms with Crippen LogP contribution in [0.2, 0.25) is 0 Å². The number of carbonyl (C=O) groups excluding carboxylic acids is 2. The monoisotopic (exact) mass is 387 g/mol. The van der Waals surface area contributed by atoms with Crippen molar-refractivity contribution in [1.29, 1.82) is 0 Å². The smallest absolute Gasteiger partial charge is 0.407 e. The summed E-state index contributed by atoms with van der Waals surface area (Å²) >= 11 is 0. The molecule has 0 aliphatic heterocycles. The van der Waals surface area contributed by atoms with Crippen molar-refractivity contribution in [3.8, 4) is 5.69 Å². The Balaban J connectivity index is 2.07. The lowest BCUT2D eigenvalue weighted by molar-refractivity contribution is 0.0600. The molecule has 0 bridgehead atoms. The van der Waals surface area contributed by atoms with E-state index < -0.39 is 17.6 Å². The zero-order chi connectivity index (χ0) is 20.1. The van der Waals surface area contributed by atoms with Gasteiger partial charge in [-0.1, -0.05) is 19.1 Å². The van der Waals surface area contributed by atoms with Crippen molar-refractivity contribution in [2.24, 2.45) is 5.92 Å². The van der Waals surface area contributed by atoms with Crippen LogP contribution in [-0.2, 0) is 15.0 Å². The van der Waals surface area contributed by atoms with E-state index in [4.69, 9.17) is 9.47 Å². The molecule has 1 amide bonds.